The number of amides is 1. The van der Waals surface area contributed by atoms with Crippen molar-refractivity contribution in [3.8, 4) is 0 Å². The number of hydrogen-bond donors (Lipinski definition) is 0. The normalized spacial score (nSPS) is 21.4. The molecule has 1 aromatic heterocycles. The number of carbonyl (C=O) groups is 1. The third kappa shape index (κ3) is 3.65. The van der Waals surface area contributed by atoms with Gasteiger partial charge in [-0.3, -0.25) is 0 Å². The van der Waals surface area contributed by atoms with E-state index in [1.807, 2.05) is 31.9 Å². The zero-order chi connectivity index (χ0) is 17.3. The SMILES string of the molecule is Cc1cc(N2CCCC2)ncc1[C@@H]1CCCN1C(=O)OC(C)(C)C. The van der Waals surface area contributed by atoms with Crippen LogP contribution in [-0.4, -0.2) is 41.2 Å². The lowest BCUT2D eigenvalue weighted by atomic mass is 10.0. The fourth-order valence-corrected chi connectivity index (χ4v) is 3.65. The Morgan fingerprint density at radius 3 is 2.54 bits per heavy atom. The number of aryl methyl sites for hydroxylation is 1. The Kier molecular flexibility index (Phi) is 4.70. The maximum atomic E-state index is 12.5. The molecule has 2 saturated heterocycles. The molecule has 0 radical (unpaired) electrons. The summed E-state index contributed by atoms with van der Waals surface area (Å²) in [6.45, 7) is 10.8. The van der Waals surface area contributed by atoms with Crippen LogP contribution in [0.4, 0.5) is 10.6 Å². The quantitative estimate of drug-likeness (QED) is 0.820. The Morgan fingerprint density at radius 1 is 1.21 bits per heavy atom. The zero-order valence-corrected chi connectivity index (χ0v) is 15.3. The van der Waals surface area contributed by atoms with Crippen LogP contribution in [-0.2, 0) is 4.74 Å². The zero-order valence-electron chi connectivity index (χ0n) is 15.3. The fraction of sp³-hybridized carbons (Fsp3) is 0.684. The molecule has 24 heavy (non-hydrogen) atoms. The molecular weight excluding hydrogens is 302 g/mol. The molecule has 0 spiro atoms. The van der Waals surface area contributed by atoms with Crippen LogP contribution in [0.3, 0.4) is 0 Å². The smallest absolute Gasteiger partial charge is 0.410 e. The summed E-state index contributed by atoms with van der Waals surface area (Å²) in [7, 11) is 0. The minimum atomic E-state index is -0.461. The van der Waals surface area contributed by atoms with E-state index in [1.54, 1.807) is 0 Å². The first kappa shape index (κ1) is 17.1. The number of carbonyl (C=O) groups excluding carboxylic acids is 1. The van der Waals surface area contributed by atoms with E-state index in [4.69, 9.17) is 4.74 Å². The van der Waals surface area contributed by atoms with Gasteiger partial charge >= 0.3 is 6.09 Å². The van der Waals surface area contributed by atoms with Crippen LogP contribution in [0, 0.1) is 6.92 Å². The Balaban J connectivity index is 1.78. The molecule has 0 aromatic carbocycles. The Labute approximate surface area is 145 Å². The molecule has 1 atom stereocenters. The number of hydrogen-bond acceptors (Lipinski definition) is 4. The van der Waals surface area contributed by atoms with Gasteiger partial charge in [0.25, 0.3) is 0 Å². The molecule has 0 N–H and O–H groups in total. The number of pyridine rings is 1. The minimum Gasteiger partial charge on any atom is -0.444 e. The molecule has 0 saturated carbocycles. The van der Waals surface area contributed by atoms with Gasteiger partial charge in [0, 0.05) is 25.8 Å². The van der Waals surface area contributed by atoms with E-state index in [2.05, 4.69) is 22.9 Å². The van der Waals surface area contributed by atoms with Crippen molar-refractivity contribution in [2.75, 3.05) is 24.5 Å². The van der Waals surface area contributed by atoms with E-state index in [1.165, 1.54) is 18.4 Å². The van der Waals surface area contributed by atoms with Crippen LogP contribution in [0.1, 0.15) is 63.6 Å². The van der Waals surface area contributed by atoms with Gasteiger partial charge in [-0.1, -0.05) is 0 Å². The predicted molar refractivity (Wildman–Crippen MR) is 95.3 cm³/mol. The van der Waals surface area contributed by atoms with Crippen molar-refractivity contribution < 1.29 is 9.53 Å². The summed E-state index contributed by atoms with van der Waals surface area (Å²) < 4.78 is 5.58. The van der Waals surface area contributed by atoms with Crippen LogP contribution in [0.25, 0.3) is 0 Å². The van der Waals surface area contributed by atoms with Gasteiger partial charge < -0.3 is 14.5 Å². The molecule has 2 aliphatic rings. The molecule has 5 heteroatoms. The third-order valence-electron chi connectivity index (χ3n) is 4.81. The van der Waals surface area contributed by atoms with Crippen molar-refractivity contribution >= 4 is 11.9 Å². The molecule has 3 rings (SSSR count). The molecule has 0 bridgehead atoms. The number of likely N-dealkylation sites (tertiary alicyclic amines) is 1. The van der Waals surface area contributed by atoms with Crippen LogP contribution >= 0.6 is 0 Å². The highest BCUT2D eigenvalue weighted by Gasteiger charge is 2.34. The molecular formula is C19H29N3O2. The summed E-state index contributed by atoms with van der Waals surface area (Å²) in [5, 5.41) is 0. The van der Waals surface area contributed by atoms with Crippen LogP contribution in [0.2, 0.25) is 0 Å². The van der Waals surface area contributed by atoms with E-state index < -0.39 is 5.60 Å². The van der Waals surface area contributed by atoms with E-state index in [0.717, 1.165) is 43.9 Å². The first-order chi connectivity index (χ1) is 11.3. The lowest BCUT2D eigenvalue weighted by molar-refractivity contribution is 0.0224. The second-order valence-corrected chi connectivity index (χ2v) is 7.93. The molecule has 0 aliphatic carbocycles. The van der Waals surface area contributed by atoms with E-state index in [-0.39, 0.29) is 12.1 Å². The summed E-state index contributed by atoms with van der Waals surface area (Å²) in [6, 6.07) is 2.26. The Bertz CT molecular complexity index is 603. The topological polar surface area (TPSA) is 45.7 Å². The van der Waals surface area contributed by atoms with Crippen LogP contribution in [0.5, 0.6) is 0 Å². The van der Waals surface area contributed by atoms with Gasteiger partial charge in [-0.2, -0.15) is 0 Å². The van der Waals surface area contributed by atoms with Gasteiger partial charge in [0.05, 0.1) is 6.04 Å². The van der Waals surface area contributed by atoms with Gasteiger partial charge in [-0.05, 0) is 70.6 Å². The average Bonchev–Trinajstić information content (AvgIpc) is 3.17. The summed E-state index contributed by atoms with van der Waals surface area (Å²) >= 11 is 0. The summed E-state index contributed by atoms with van der Waals surface area (Å²) in [5.41, 5.74) is 1.91. The summed E-state index contributed by atoms with van der Waals surface area (Å²) in [4.78, 5) is 21.4. The highest BCUT2D eigenvalue weighted by atomic mass is 16.6. The van der Waals surface area contributed by atoms with Gasteiger partial charge in [0.2, 0.25) is 0 Å². The second kappa shape index (κ2) is 6.61. The number of ether oxygens (including phenoxy) is 1. The first-order valence-corrected chi connectivity index (χ1v) is 9.06. The lowest BCUT2D eigenvalue weighted by Crippen LogP contribution is -2.36. The molecule has 1 aromatic rings. The maximum absolute atomic E-state index is 12.5. The average molecular weight is 331 g/mol. The highest BCUT2D eigenvalue weighted by Crippen LogP contribution is 2.35. The molecule has 2 aliphatic heterocycles. The van der Waals surface area contributed by atoms with Crippen molar-refractivity contribution in [3.63, 3.8) is 0 Å². The molecule has 3 heterocycles. The van der Waals surface area contributed by atoms with Crippen LogP contribution in [0.15, 0.2) is 12.3 Å². The monoisotopic (exact) mass is 331 g/mol. The van der Waals surface area contributed by atoms with Gasteiger partial charge in [-0.25, -0.2) is 9.78 Å². The van der Waals surface area contributed by atoms with Gasteiger partial charge in [0.15, 0.2) is 0 Å². The molecule has 0 unspecified atom stereocenters. The summed E-state index contributed by atoms with van der Waals surface area (Å²) in [6.07, 6.45) is 6.24. The Hall–Kier alpha value is -1.78. The lowest BCUT2D eigenvalue weighted by Gasteiger charge is -2.29. The van der Waals surface area contributed by atoms with Gasteiger partial charge in [-0.15, -0.1) is 0 Å². The molecule has 5 nitrogen and oxygen atoms in total. The van der Waals surface area contributed by atoms with Crippen molar-refractivity contribution in [2.24, 2.45) is 0 Å². The first-order valence-electron chi connectivity index (χ1n) is 9.06. The number of aromatic nitrogens is 1. The fourth-order valence-electron chi connectivity index (χ4n) is 3.65. The third-order valence-corrected chi connectivity index (χ3v) is 4.81. The van der Waals surface area contributed by atoms with Crippen molar-refractivity contribution in [2.45, 2.75) is 65.0 Å². The predicted octanol–water partition coefficient (Wildman–Crippen LogP) is 4.06. The maximum Gasteiger partial charge on any atom is 0.410 e. The Morgan fingerprint density at radius 2 is 1.92 bits per heavy atom. The standard InChI is InChI=1S/C19H29N3O2/c1-14-12-17(21-9-5-6-10-21)20-13-15(14)16-8-7-11-22(16)18(23)24-19(2,3)4/h12-13,16H,5-11H2,1-4H3/t16-/m0/s1. The number of nitrogens with zero attached hydrogens (tertiary/aromatic N) is 3. The summed E-state index contributed by atoms with van der Waals surface area (Å²) in [5.74, 6) is 1.07. The van der Waals surface area contributed by atoms with Crippen molar-refractivity contribution in [1.82, 2.24) is 9.88 Å². The van der Waals surface area contributed by atoms with Crippen molar-refractivity contribution in [1.29, 1.82) is 0 Å². The largest absolute Gasteiger partial charge is 0.444 e. The van der Waals surface area contributed by atoms with E-state index >= 15 is 0 Å². The van der Waals surface area contributed by atoms with E-state index in [9.17, 15) is 4.79 Å². The van der Waals surface area contributed by atoms with Gasteiger partial charge in [0.1, 0.15) is 11.4 Å². The minimum absolute atomic E-state index is 0.0833. The molecule has 1 amide bonds. The van der Waals surface area contributed by atoms with Crippen LogP contribution < -0.4 is 4.90 Å². The van der Waals surface area contributed by atoms with E-state index in [0.29, 0.717) is 0 Å². The number of anilines is 1. The molecule has 2 fully saturated rings. The second-order valence-electron chi connectivity index (χ2n) is 7.93. The highest BCUT2D eigenvalue weighted by molar-refractivity contribution is 5.69. The molecule has 132 valence electrons. The number of rotatable bonds is 2. The van der Waals surface area contributed by atoms with Crippen molar-refractivity contribution in [3.05, 3.63) is 23.4 Å².